The van der Waals surface area contributed by atoms with Gasteiger partial charge in [-0.1, -0.05) is 48.0 Å². The summed E-state index contributed by atoms with van der Waals surface area (Å²) in [6.07, 6.45) is 2.09. The number of aryl methyl sites for hydroxylation is 1. The topological polar surface area (TPSA) is 93.8 Å². The second-order valence-corrected chi connectivity index (χ2v) is 6.18. The Morgan fingerprint density at radius 1 is 1.15 bits per heavy atom. The Hall–Kier alpha value is -2.99. The van der Waals surface area contributed by atoms with E-state index in [9.17, 15) is 4.79 Å². The fraction of sp³-hybridized carbons (Fsp3) is 0.158. The molecule has 26 heavy (non-hydrogen) atoms. The number of hydrogen-bond donors (Lipinski definition) is 2. The zero-order valence-corrected chi connectivity index (χ0v) is 14.9. The summed E-state index contributed by atoms with van der Waals surface area (Å²) in [5.74, 6) is 0.304. The lowest BCUT2D eigenvalue weighted by molar-refractivity contribution is -0.118. The molecule has 0 spiro atoms. The van der Waals surface area contributed by atoms with E-state index in [1.54, 1.807) is 13.1 Å². The number of rotatable bonds is 6. The number of nitrogens with zero attached hydrogens (tertiary/aromatic N) is 3. The Bertz CT molecular complexity index is 903. The predicted octanol–water partition coefficient (Wildman–Crippen LogP) is 3.01. The van der Waals surface area contributed by atoms with Crippen molar-refractivity contribution < 1.29 is 4.79 Å². The Labute approximate surface area is 156 Å². The van der Waals surface area contributed by atoms with E-state index in [0.717, 1.165) is 5.56 Å². The maximum Gasteiger partial charge on any atom is 0.240 e. The molecule has 0 unspecified atom stereocenters. The molecular formula is C19H18ClN5O. The Kier molecular flexibility index (Phi) is 5.43. The van der Waals surface area contributed by atoms with Gasteiger partial charge in [-0.15, -0.1) is 0 Å². The van der Waals surface area contributed by atoms with E-state index in [-0.39, 0.29) is 0 Å². The molecule has 1 amide bonds. The third kappa shape index (κ3) is 4.15. The first kappa shape index (κ1) is 17.8. The molecule has 3 rings (SSSR count). The minimum absolute atomic E-state index is 0.351. The highest BCUT2D eigenvalue weighted by Crippen LogP contribution is 2.26. The van der Waals surface area contributed by atoms with Gasteiger partial charge in [0.15, 0.2) is 5.82 Å². The lowest BCUT2D eigenvalue weighted by Crippen LogP contribution is -2.37. The number of nitrogens with two attached hydrogens (primary N) is 1. The van der Waals surface area contributed by atoms with Crippen molar-refractivity contribution in [3.8, 4) is 11.5 Å². The summed E-state index contributed by atoms with van der Waals surface area (Å²) in [6.45, 7) is 1.78. The predicted molar refractivity (Wildman–Crippen MR) is 102 cm³/mol. The number of halogens is 1. The number of nitrogens with one attached hydrogen (secondary N) is 1. The molecule has 0 aliphatic rings. The van der Waals surface area contributed by atoms with Crippen molar-refractivity contribution in [3.05, 3.63) is 71.0 Å². The number of primary amides is 1. The molecule has 3 aromatic rings. The molecular weight excluding hydrogens is 350 g/mol. The van der Waals surface area contributed by atoms with Crippen molar-refractivity contribution in [1.29, 1.82) is 0 Å². The maximum atomic E-state index is 11.9. The Balaban J connectivity index is 1.91. The molecule has 6 nitrogen and oxygen atoms in total. The van der Waals surface area contributed by atoms with Crippen molar-refractivity contribution >= 4 is 23.3 Å². The lowest BCUT2D eigenvalue weighted by atomic mass is 10.1. The Morgan fingerprint density at radius 3 is 2.54 bits per heavy atom. The second-order valence-electron chi connectivity index (χ2n) is 5.80. The molecule has 1 aromatic carbocycles. The number of anilines is 1. The van der Waals surface area contributed by atoms with Crippen LogP contribution in [0.4, 0.5) is 5.82 Å². The molecule has 0 bridgehead atoms. The van der Waals surface area contributed by atoms with Crippen molar-refractivity contribution in [2.45, 2.75) is 19.4 Å². The molecule has 0 aliphatic heterocycles. The fourth-order valence-corrected chi connectivity index (χ4v) is 2.64. The summed E-state index contributed by atoms with van der Waals surface area (Å²) in [7, 11) is 0. The van der Waals surface area contributed by atoms with Gasteiger partial charge in [0.1, 0.15) is 22.6 Å². The van der Waals surface area contributed by atoms with E-state index in [1.165, 1.54) is 0 Å². The van der Waals surface area contributed by atoms with Crippen LogP contribution in [-0.2, 0) is 11.2 Å². The number of aromatic nitrogens is 3. The molecule has 2 aromatic heterocycles. The number of pyridine rings is 1. The van der Waals surface area contributed by atoms with Gasteiger partial charge in [0.25, 0.3) is 0 Å². The number of hydrogen-bond acceptors (Lipinski definition) is 5. The van der Waals surface area contributed by atoms with E-state index < -0.39 is 11.9 Å². The molecule has 3 N–H and O–H groups in total. The standard InChI is InChI=1S/C19H18ClN5O/c1-12-16(20)19(25-18(23-12)14-9-5-6-10-22-14)24-15(17(21)26)11-13-7-3-2-4-8-13/h2-10,15H,11H2,1H3,(H2,21,26)(H,23,24,25)/t15-/m1/s1. The molecule has 0 saturated heterocycles. The highest BCUT2D eigenvalue weighted by Gasteiger charge is 2.20. The third-order valence-corrected chi connectivity index (χ3v) is 4.30. The zero-order chi connectivity index (χ0) is 18.5. The smallest absolute Gasteiger partial charge is 0.240 e. The van der Waals surface area contributed by atoms with Crippen LogP contribution in [0.1, 0.15) is 11.3 Å². The van der Waals surface area contributed by atoms with E-state index in [1.807, 2.05) is 48.5 Å². The van der Waals surface area contributed by atoms with Gasteiger partial charge >= 0.3 is 0 Å². The zero-order valence-electron chi connectivity index (χ0n) is 14.2. The van der Waals surface area contributed by atoms with Gasteiger partial charge in [-0.2, -0.15) is 0 Å². The quantitative estimate of drug-likeness (QED) is 0.698. The van der Waals surface area contributed by atoms with E-state index in [2.05, 4.69) is 20.3 Å². The average Bonchev–Trinajstić information content (AvgIpc) is 2.66. The highest BCUT2D eigenvalue weighted by atomic mass is 35.5. The van der Waals surface area contributed by atoms with Gasteiger partial charge in [-0.25, -0.2) is 9.97 Å². The van der Waals surface area contributed by atoms with E-state index in [4.69, 9.17) is 17.3 Å². The monoisotopic (exact) mass is 367 g/mol. The van der Waals surface area contributed by atoms with Crippen molar-refractivity contribution in [2.24, 2.45) is 5.73 Å². The van der Waals surface area contributed by atoms with Crippen LogP contribution in [0.5, 0.6) is 0 Å². The molecule has 2 heterocycles. The number of amides is 1. The van der Waals surface area contributed by atoms with Gasteiger partial charge in [0, 0.05) is 12.6 Å². The van der Waals surface area contributed by atoms with Gasteiger partial charge < -0.3 is 11.1 Å². The average molecular weight is 368 g/mol. The van der Waals surface area contributed by atoms with Crippen molar-refractivity contribution in [2.75, 3.05) is 5.32 Å². The highest BCUT2D eigenvalue weighted by molar-refractivity contribution is 6.33. The van der Waals surface area contributed by atoms with Gasteiger partial charge in [-0.3, -0.25) is 9.78 Å². The molecule has 1 atom stereocenters. The molecule has 0 aliphatic carbocycles. The van der Waals surface area contributed by atoms with Gasteiger partial charge in [0.2, 0.25) is 5.91 Å². The van der Waals surface area contributed by atoms with Crippen LogP contribution < -0.4 is 11.1 Å². The first-order valence-corrected chi connectivity index (χ1v) is 8.47. The summed E-state index contributed by atoms with van der Waals surface area (Å²) >= 11 is 6.34. The molecule has 132 valence electrons. The number of carbonyl (C=O) groups is 1. The van der Waals surface area contributed by atoms with Crippen LogP contribution in [0.15, 0.2) is 54.7 Å². The van der Waals surface area contributed by atoms with Crippen molar-refractivity contribution in [3.63, 3.8) is 0 Å². The van der Waals surface area contributed by atoms with Crippen molar-refractivity contribution in [1.82, 2.24) is 15.0 Å². The summed E-state index contributed by atoms with van der Waals surface area (Å²) < 4.78 is 0. The molecule has 0 radical (unpaired) electrons. The molecule has 0 saturated carbocycles. The van der Waals surface area contributed by atoms with E-state index >= 15 is 0 Å². The minimum atomic E-state index is -0.652. The normalized spacial score (nSPS) is 11.8. The summed E-state index contributed by atoms with van der Waals surface area (Å²) in [6, 6.07) is 14.4. The maximum absolute atomic E-state index is 11.9. The van der Waals surface area contributed by atoms with Gasteiger partial charge in [0.05, 0.1) is 5.69 Å². The minimum Gasteiger partial charge on any atom is -0.368 e. The Morgan fingerprint density at radius 2 is 1.88 bits per heavy atom. The van der Waals surface area contributed by atoms with Crippen LogP contribution in [-0.4, -0.2) is 26.9 Å². The number of carbonyl (C=O) groups excluding carboxylic acids is 1. The van der Waals surface area contributed by atoms with Crippen LogP contribution in [0.25, 0.3) is 11.5 Å². The molecule has 0 fully saturated rings. The molecule has 7 heteroatoms. The fourth-order valence-electron chi connectivity index (χ4n) is 2.50. The first-order chi connectivity index (χ1) is 12.5. The second kappa shape index (κ2) is 7.93. The lowest BCUT2D eigenvalue weighted by Gasteiger charge is -2.18. The SMILES string of the molecule is Cc1nc(-c2ccccn2)nc(N[C@H](Cc2ccccc2)C(N)=O)c1Cl. The van der Waals surface area contributed by atoms with Gasteiger partial charge in [-0.05, 0) is 24.6 Å². The van der Waals surface area contributed by atoms with E-state index in [0.29, 0.717) is 34.5 Å². The van der Waals surface area contributed by atoms with Crippen LogP contribution in [0.2, 0.25) is 5.02 Å². The van der Waals surface area contributed by atoms with Crippen LogP contribution in [0.3, 0.4) is 0 Å². The summed E-state index contributed by atoms with van der Waals surface area (Å²) in [4.78, 5) is 25.0. The third-order valence-electron chi connectivity index (χ3n) is 3.85. The van der Waals surface area contributed by atoms with Crippen LogP contribution >= 0.6 is 11.6 Å². The largest absolute Gasteiger partial charge is 0.368 e. The summed E-state index contributed by atoms with van der Waals surface area (Å²) in [5.41, 5.74) is 7.76. The number of benzene rings is 1. The summed E-state index contributed by atoms with van der Waals surface area (Å²) in [5, 5.41) is 3.41. The van der Waals surface area contributed by atoms with Crippen LogP contribution in [0, 0.1) is 6.92 Å². The first-order valence-electron chi connectivity index (χ1n) is 8.10.